The summed E-state index contributed by atoms with van der Waals surface area (Å²) in [4.78, 5) is 21.9. The number of carbonyl (C=O) groups is 2. The van der Waals surface area contributed by atoms with Crippen LogP contribution in [0.15, 0.2) is 48.1 Å². The second kappa shape index (κ2) is 6.48. The van der Waals surface area contributed by atoms with Crippen LogP contribution in [0.4, 0.5) is 0 Å². The van der Waals surface area contributed by atoms with E-state index in [-0.39, 0.29) is 12.3 Å². The lowest BCUT2D eigenvalue weighted by Gasteiger charge is -2.13. The average Bonchev–Trinajstić information content (AvgIpc) is 2.19. The quantitative estimate of drug-likeness (QED) is 0.774. The molecule has 0 heterocycles. The number of rotatable bonds is 4. The fourth-order valence-corrected chi connectivity index (χ4v) is 1.42. The van der Waals surface area contributed by atoms with Gasteiger partial charge in [0.1, 0.15) is 6.04 Å². The van der Waals surface area contributed by atoms with Gasteiger partial charge < -0.3 is 10.4 Å². The highest BCUT2D eigenvalue weighted by Crippen LogP contribution is 2.10. The van der Waals surface area contributed by atoms with Crippen molar-refractivity contribution in [3.05, 3.63) is 48.1 Å². The highest BCUT2D eigenvalue weighted by Gasteiger charge is 2.18. The molecule has 0 aromatic carbocycles. The summed E-state index contributed by atoms with van der Waals surface area (Å²) >= 11 is 0. The van der Waals surface area contributed by atoms with E-state index < -0.39 is 12.0 Å². The Morgan fingerprint density at radius 2 is 1.88 bits per heavy atom. The number of hydrogen-bond donors (Lipinski definition) is 2. The van der Waals surface area contributed by atoms with E-state index in [0.29, 0.717) is 0 Å². The summed E-state index contributed by atoms with van der Waals surface area (Å²) in [5, 5.41) is 11.4. The highest BCUT2D eigenvalue weighted by atomic mass is 16.4. The van der Waals surface area contributed by atoms with E-state index in [4.69, 9.17) is 5.11 Å². The lowest BCUT2D eigenvalue weighted by molar-refractivity contribution is -0.141. The van der Waals surface area contributed by atoms with Gasteiger partial charge in [0.25, 0.3) is 0 Å². The van der Waals surface area contributed by atoms with E-state index in [2.05, 4.69) is 5.32 Å². The van der Waals surface area contributed by atoms with Crippen LogP contribution in [0.25, 0.3) is 0 Å². The third-order valence-corrected chi connectivity index (χ3v) is 2.18. The largest absolute Gasteiger partial charge is 0.480 e. The highest BCUT2D eigenvalue weighted by molar-refractivity contribution is 5.82. The van der Waals surface area contributed by atoms with Crippen LogP contribution in [0.1, 0.15) is 13.3 Å². The fourth-order valence-electron chi connectivity index (χ4n) is 1.42. The third-order valence-electron chi connectivity index (χ3n) is 2.18. The predicted octanol–water partition coefficient (Wildman–Crippen LogP) is 1.57. The van der Waals surface area contributed by atoms with Crippen molar-refractivity contribution in [2.24, 2.45) is 0 Å². The molecule has 1 rings (SSSR count). The van der Waals surface area contributed by atoms with Crippen molar-refractivity contribution < 1.29 is 14.7 Å². The molecular weight excluding hydrogens is 218 g/mol. The second-order valence-electron chi connectivity index (χ2n) is 3.67. The van der Waals surface area contributed by atoms with Crippen molar-refractivity contribution >= 4 is 11.9 Å². The zero-order chi connectivity index (χ0) is 12.7. The summed E-state index contributed by atoms with van der Waals surface area (Å²) in [5.41, 5.74) is 0.853. The molecule has 0 saturated heterocycles. The minimum absolute atomic E-state index is 0.267. The number of carbonyl (C=O) groups excluding carboxylic acids is 1. The van der Waals surface area contributed by atoms with E-state index in [1.54, 1.807) is 0 Å². The molecule has 0 aromatic heterocycles. The Morgan fingerprint density at radius 1 is 1.24 bits per heavy atom. The van der Waals surface area contributed by atoms with Crippen molar-refractivity contribution in [2.45, 2.75) is 19.4 Å². The second-order valence-corrected chi connectivity index (χ2v) is 3.67. The molecule has 1 aliphatic carbocycles. The van der Waals surface area contributed by atoms with Crippen LogP contribution >= 0.6 is 0 Å². The monoisotopic (exact) mass is 233 g/mol. The molecule has 4 nitrogen and oxygen atoms in total. The van der Waals surface area contributed by atoms with Crippen molar-refractivity contribution in [3.8, 4) is 0 Å². The third kappa shape index (κ3) is 4.97. The summed E-state index contributed by atoms with van der Waals surface area (Å²) in [7, 11) is 0. The zero-order valence-electron chi connectivity index (χ0n) is 9.59. The summed E-state index contributed by atoms with van der Waals surface area (Å²) in [6, 6.07) is -0.889. The lowest BCUT2D eigenvalue weighted by atomic mass is 10.0. The Kier molecular flexibility index (Phi) is 4.94. The van der Waals surface area contributed by atoms with Gasteiger partial charge in [0.15, 0.2) is 0 Å². The molecule has 90 valence electrons. The maximum Gasteiger partial charge on any atom is 0.326 e. The summed E-state index contributed by atoms with van der Waals surface area (Å²) in [6.07, 6.45) is 13.2. The summed E-state index contributed by atoms with van der Waals surface area (Å²) in [6.45, 7) is 1.31. The van der Waals surface area contributed by atoms with E-state index in [0.717, 1.165) is 5.57 Å². The molecule has 17 heavy (non-hydrogen) atoms. The van der Waals surface area contributed by atoms with E-state index >= 15 is 0 Å². The van der Waals surface area contributed by atoms with Gasteiger partial charge in [-0.1, -0.05) is 42.5 Å². The number of allylic oxidation sites excluding steroid dienone is 7. The first-order valence-electron chi connectivity index (χ1n) is 5.30. The van der Waals surface area contributed by atoms with Crippen molar-refractivity contribution in [1.82, 2.24) is 5.32 Å². The minimum atomic E-state index is -1.03. The first-order valence-corrected chi connectivity index (χ1v) is 5.30. The Balaban J connectivity index is 2.72. The molecule has 4 heteroatoms. The van der Waals surface area contributed by atoms with Crippen molar-refractivity contribution in [2.75, 3.05) is 0 Å². The maximum absolute atomic E-state index is 11.0. The van der Waals surface area contributed by atoms with Gasteiger partial charge in [-0.15, -0.1) is 0 Å². The van der Waals surface area contributed by atoms with E-state index in [1.807, 2.05) is 42.5 Å². The van der Waals surface area contributed by atoms with Crippen LogP contribution in [0, 0.1) is 0 Å². The molecule has 0 bridgehead atoms. The summed E-state index contributed by atoms with van der Waals surface area (Å²) in [5.74, 6) is -1.38. The Bertz CT molecular complexity index is 416. The van der Waals surface area contributed by atoms with Gasteiger partial charge in [-0.3, -0.25) is 4.79 Å². The smallest absolute Gasteiger partial charge is 0.326 e. The molecule has 0 radical (unpaired) electrons. The fraction of sp³-hybridized carbons (Fsp3) is 0.231. The van der Waals surface area contributed by atoms with Gasteiger partial charge in [-0.05, 0) is 5.57 Å². The minimum Gasteiger partial charge on any atom is -0.480 e. The maximum atomic E-state index is 11.0. The molecule has 0 saturated carbocycles. The van der Waals surface area contributed by atoms with Crippen LogP contribution < -0.4 is 5.32 Å². The zero-order valence-corrected chi connectivity index (χ0v) is 9.59. The van der Waals surface area contributed by atoms with Crippen molar-refractivity contribution in [1.29, 1.82) is 0 Å². The first kappa shape index (κ1) is 13.0. The van der Waals surface area contributed by atoms with Gasteiger partial charge in [-0.2, -0.15) is 0 Å². The van der Waals surface area contributed by atoms with Crippen LogP contribution in [-0.2, 0) is 9.59 Å². The molecule has 1 atom stereocenters. The SMILES string of the molecule is CC(=O)N[C@H](CC1=C/C=C\C=C/C=C\1)C(=O)O. The molecular formula is C13H15NO3. The van der Waals surface area contributed by atoms with Crippen LogP contribution in [-0.4, -0.2) is 23.0 Å². The molecule has 0 aromatic rings. The first-order chi connectivity index (χ1) is 8.09. The average molecular weight is 233 g/mol. The number of amides is 1. The molecule has 1 aliphatic rings. The molecule has 0 unspecified atom stereocenters. The molecule has 1 amide bonds. The molecule has 0 aliphatic heterocycles. The Morgan fingerprint density at radius 3 is 2.53 bits per heavy atom. The molecule has 0 fully saturated rings. The Labute approximate surface area is 100 Å². The molecule has 2 N–H and O–H groups in total. The van der Waals surface area contributed by atoms with E-state index in [1.165, 1.54) is 6.92 Å². The standard InChI is InChI=1S/C13H15NO3/c1-10(15)14-12(13(16)17)9-11-7-5-3-2-4-6-8-11/h2-8,12H,9H2,1H3,(H,14,15)(H,16,17)/b3-2-,4-2?,5-3?,6-4-,7-5-,8-6?,11-7?,11-8+/t12-/m1/s1. The number of carboxylic acid groups (broad SMARTS) is 1. The Hall–Kier alpha value is -2.10. The lowest BCUT2D eigenvalue weighted by Crippen LogP contribution is -2.39. The van der Waals surface area contributed by atoms with Crippen LogP contribution in [0.5, 0.6) is 0 Å². The number of nitrogens with one attached hydrogen (secondary N) is 1. The van der Waals surface area contributed by atoms with Gasteiger partial charge in [0.2, 0.25) is 5.91 Å². The predicted molar refractivity (Wildman–Crippen MR) is 65.4 cm³/mol. The number of carboxylic acids is 1. The topological polar surface area (TPSA) is 66.4 Å². The van der Waals surface area contributed by atoms with Crippen LogP contribution in [0.3, 0.4) is 0 Å². The van der Waals surface area contributed by atoms with Gasteiger partial charge in [0, 0.05) is 13.3 Å². The number of hydrogen-bond acceptors (Lipinski definition) is 2. The van der Waals surface area contributed by atoms with E-state index in [9.17, 15) is 9.59 Å². The van der Waals surface area contributed by atoms with Crippen molar-refractivity contribution in [3.63, 3.8) is 0 Å². The summed E-state index contributed by atoms with van der Waals surface area (Å²) < 4.78 is 0. The van der Waals surface area contributed by atoms with Crippen LogP contribution in [0.2, 0.25) is 0 Å². The molecule has 0 spiro atoms. The van der Waals surface area contributed by atoms with Gasteiger partial charge in [0.05, 0.1) is 0 Å². The normalized spacial score (nSPS) is 24.4. The van der Waals surface area contributed by atoms with Gasteiger partial charge in [-0.25, -0.2) is 4.79 Å². The van der Waals surface area contributed by atoms with Gasteiger partial charge >= 0.3 is 5.97 Å². The number of aliphatic carboxylic acids is 1.